The van der Waals surface area contributed by atoms with E-state index in [-0.39, 0.29) is 0 Å². The van der Waals surface area contributed by atoms with Gasteiger partial charge in [0.25, 0.3) is 0 Å². The fourth-order valence-corrected chi connectivity index (χ4v) is 1.50. The maximum absolute atomic E-state index is 11.3. The third-order valence-corrected chi connectivity index (χ3v) is 2.63. The average molecular weight is 270 g/mol. The highest BCUT2D eigenvalue weighted by Gasteiger charge is 2.17. The summed E-state index contributed by atoms with van der Waals surface area (Å²) in [6, 6.07) is -1.89. The number of aromatic nitrogens is 2. The molecule has 19 heavy (non-hydrogen) atoms. The second kappa shape index (κ2) is 7.37. The number of rotatable bonds is 7. The first-order valence-electron chi connectivity index (χ1n) is 5.91. The van der Waals surface area contributed by atoms with Crippen LogP contribution in [0.3, 0.4) is 0 Å². The van der Waals surface area contributed by atoms with Gasteiger partial charge >= 0.3 is 12.0 Å². The molecule has 0 radical (unpaired) electrons. The van der Waals surface area contributed by atoms with Crippen molar-refractivity contribution in [3.63, 3.8) is 0 Å². The van der Waals surface area contributed by atoms with Gasteiger partial charge in [0, 0.05) is 12.2 Å². The van der Waals surface area contributed by atoms with Crippen LogP contribution < -0.4 is 10.6 Å². The first-order chi connectivity index (χ1) is 9.04. The van der Waals surface area contributed by atoms with E-state index in [1.165, 1.54) is 0 Å². The molecule has 0 aliphatic carbocycles. The molecule has 0 aliphatic rings. The molecule has 1 aromatic rings. The number of nitrogens with zero attached hydrogens (tertiary/aromatic N) is 1. The van der Waals surface area contributed by atoms with Crippen molar-refractivity contribution in [3.05, 3.63) is 17.5 Å². The van der Waals surface area contributed by atoms with Crippen LogP contribution in [0.1, 0.15) is 17.7 Å². The van der Waals surface area contributed by atoms with E-state index in [2.05, 4.69) is 20.8 Å². The Morgan fingerprint density at radius 2 is 2.26 bits per heavy atom. The number of aromatic amines is 1. The highest BCUT2D eigenvalue weighted by atomic mass is 16.4. The van der Waals surface area contributed by atoms with Crippen molar-refractivity contribution in [1.82, 2.24) is 20.8 Å². The summed E-state index contributed by atoms with van der Waals surface area (Å²) >= 11 is 0. The number of H-pyrrole nitrogens is 1. The van der Waals surface area contributed by atoms with Gasteiger partial charge in [0.2, 0.25) is 0 Å². The predicted octanol–water partition coefficient (Wildman–Crippen LogP) is -0.605. The van der Waals surface area contributed by atoms with Crippen molar-refractivity contribution in [3.8, 4) is 0 Å². The number of carbonyl (C=O) groups excluding carboxylic acids is 1. The van der Waals surface area contributed by atoms with E-state index in [0.29, 0.717) is 13.0 Å². The van der Waals surface area contributed by atoms with Crippen LogP contribution >= 0.6 is 0 Å². The van der Waals surface area contributed by atoms with E-state index in [4.69, 9.17) is 10.2 Å². The van der Waals surface area contributed by atoms with Gasteiger partial charge in [0.15, 0.2) is 6.04 Å². The van der Waals surface area contributed by atoms with Crippen LogP contribution in [0.4, 0.5) is 4.79 Å². The molecule has 1 heterocycles. The Labute approximate surface area is 110 Å². The second-order valence-electron chi connectivity index (χ2n) is 4.10. The number of aliphatic carboxylic acids is 1. The zero-order valence-corrected chi connectivity index (χ0v) is 10.6. The van der Waals surface area contributed by atoms with Gasteiger partial charge in [0.05, 0.1) is 12.8 Å². The molecule has 0 spiro atoms. The van der Waals surface area contributed by atoms with Crippen molar-refractivity contribution in [2.45, 2.75) is 25.8 Å². The van der Waals surface area contributed by atoms with Crippen LogP contribution in [-0.4, -0.2) is 51.6 Å². The normalized spacial score (nSPS) is 11.9. The lowest BCUT2D eigenvalue weighted by Crippen LogP contribution is -2.48. The minimum Gasteiger partial charge on any atom is -0.480 e. The van der Waals surface area contributed by atoms with Gasteiger partial charge in [-0.2, -0.15) is 5.10 Å². The molecule has 1 rings (SSSR count). The molecular weight excluding hydrogens is 252 g/mol. The molecule has 0 unspecified atom stereocenters. The van der Waals surface area contributed by atoms with E-state index in [1.54, 1.807) is 6.20 Å². The Morgan fingerprint density at radius 1 is 1.53 bits per heavy atom. The number of urea groups is 1. The van der Waals surface area contributed by atoms with Gasteiger partial charge in [-0.05, 0) is 25.3 Å². The molecule has 0 aliphatic heterocycles. The molecule has 106 valence electrons. The number of carboxylic acid groups (broad SMARTS) is 1. The Morgan fingerprint density at radius 3 is 2.79 bits per heavy atom. The Hall–Kier alpha value is -2.09. The highest BCUT2D eigenvalue weighted by Crippen LogP contribution is 2.04. The number of aryl methyl sites for hydroxylation is 2. The van der Waals surface area contributed by atoms with Crippen LogP contribution in [0.5, 0.6) is 0 Å². The quantitative estimate of drug-likeness (QED) is 0.423. The summed E-state index contributed by atoms with van der Waals surface area (Å²) in [6.45, 7) is 1.69. The van der Waals surface area contributed by atoms with E-state index in [9.17, 15) is 9.59 Å². The number of nitrogens with one attached hydrogen (secondary N) is 3. The highest BCUT2D eigenvalue weighted by molar-refractivity contribution is 5.82. The van der Waals surface area contributed by atoms with Crippen molar-refractivity contribution in [2.24, 2.45) is 0 Å². The largest absolute Gasteiger partial charge is 0.480 e. The number of carboxylic acids is 1. The monoisotopic (exact) mass is 270 g/mol. The molecule has 0 bridgehead atoms. The molecule has 0 fully saturated rings. The van der Waals surface area contributed by atoms with Crippen molar-refractivity contribution < 1.29 is 19.8 Å². The Balaban J connectivity index is 2.20. The number of aliphatic hydroxyl groups is 1. The summed E-state index contributed by atoms with van der Waals surface area (Å²) in [7, 11) is 0. The fraction of sp³-hybridized carbons (Fsp3) is 0.545. The molecule has 0 saturated heterocycles. The second-order valence-corrected chi connectivity index (χ2v) is 4.10. The van der Waals surface area contributed by atoms with Crippen molar-refractivity contribution in [1.29, 1.82) is 0 Å². The molecule has 8 heteroatoms. The molecular formula is C11H18N4O4. The Kier molecular flexibility index (Phi) is 5.80. The van der Waals surface area contributed by atoms with Crippen molar-refractivity contribution in [2.75, 3.05) is 13.2 Å². The zero-order chi connectivity index (χ0) is 14.3. The van der Waals surface area contributed by atoms with E-state index in [0.717, 1.165) is 17.7 Å². The van der Waals surface area contributed by atoms with Gasteiger partial charge in [-0.15, -0.1) is 0 Å². The van der Waals surface area contributed by atoms with Gasteiger partial charge in [-0.25, -0.2) is 9.59 Å². The maximum Gasteiger partial charge on any atom is 0.328 e. The summed E-state index contributed by atoms with van der Waals surface area (Å²) in [5.41, 5.74) is 2.08. The molecule has 5 N–H and O–H groups in total. The van der Waals surface area contributed by atoms with Crippen LogP contribution in [0.2, 0.25) is 0 Å². The van der Waals surface area contributed by atoms with Gasteiger partial charge in [-0.1, -0.05) is 0 Å². The van der Waals surface area contributed by atoms with Crippen LogP contribution in [-0.2, 0) is 11.2 Å². The van der Waals surface area contributed by atoms with Crippen molar-refractivity contribution >= 4 is 12.0 Å². The SMILES string of the molecule is Cc1[nH]ncc1CCCNC(=O)N[C@H](CO)C(=O)O. The third-order valence-electron chi connectivity index (χ3n) is 2.63. The molecule has 0 aromatic carbocycles. The van der Waals surface area contributed by atoms with E-state index < -0.39 is 24.6 Å². The third kappa shape index (κ3) is 4.96. The van der Waals surface area contributed by atoms with Gasteiger partial charge in [0.1, 0.15) is 0 Å². The lowest BCUT2D eigenvalue weighted by atomic mass is 10.1. The lowest BCUT2D eigenvalue weighted by Gasteiger charge is -2.12. The summed E-state index contributed by atoms with van der Waals surface area (Å²) in [5, 5.41) is 28.8. The van der Waals surface area contributed by atoms with Crippen LogP contribution in [0.15, 0.2) is 6.20 Å². The maximum atomic E-state index is 11.3. The first kappa shape index (κ1) is 15.0. The van der Waals surface area contributed by atoms with Gasteiger partial charge < -0.3 is 20.8 Å². The number of aliphatic hydroxyl groups excluding tert-OH is 1. The Bertz CT molecular complexity index is 432. The summed E-state index contributed by atoms with van der Waals surface area (Å²) in [6.07, 6.45) is 3.22. The average Bonchev–Trinajstić information content (AvgIpc) is 2.77. The van der Waals surface area contributed by atoms with Gasteiger partial charge in [-0.3, -0.25) is 5.10 Å². The van der Waals surface area contributed by atoms with Crippen LogP contribution in [0.25, 0.3) is 0 Å². The molecule has 0 saturated carbocycles. The minimum absolute atomic E-state index is 0.411. The van der Waals surface area contributed by atoms with E-state index >= 15 is 0 Å². The summed E-state index contributed by atoms with van der Waals surface area (Å²) < 4.78 is 0. The molecule has 2 amide bonds. The smallest absolute Gasteiger partial charge is 0.328 e. The minimum atomic E-state index is -1.28. The topological polar surface area (TPSA) is 127 Å². The number of carbonyl (C=O) groups is 2. The summed E-state index contributed by atoms with van der Waals surface area (Å²) in [4.78, 5) is 21.9. The first-order valence-corrected chi connectivity index (χ1v) is 5.91. The zero-order valence-electron chi connectivity index (χ0n) is 10.6. The molecule has 8 nitrogen and oxygen atoms in total. The molecule has 1 atom stereocenters. The lowest BCUT2D eigenvalue weighted by molar-refractivity contribution is -0.140. The number of hydrogen-bond acceptors (Lipinski definition) is 4. The standard InChI is InChI=1S/C11H18N4O4/c1-7-8(5-13-15-7)3-2-4-12-11(19)14-9(6-16)10(17)18/h5,9,16H,2-4,6H2,1H3,(H,13,15)(H,17,18)(H2,12,14,19)/t9-/m1/s1. The molecule has 1 aromatic heterocycles. The fourth-order valence-electron chi connectivity index (χ4n) is 1.50. The number of hydrogen-bond donors (Lipinski definition) is 5. The number of amides is 2. The van der Waals surface area contributed by atoms with Crippen LogP contribution in [0, 0.1) is 6.92 Å². The predicted molar refractivity (Wildman–Crippen MR) is 66.7 cm³/mol. The summed E-state index contributed by atoms with van der Waals surface area (Å²) in [5.74, 6) is -1.27. The van der Waals surface area contributed by atoms with E-state index in [1.807, 2.05) is 6.92 Å².